The molecule has 1 aliphatic rings. The fourth-order valence-electron chi connectivity index (χ4n) is 3.35. The molecule has 2 aromatic carbocycles. The van der Waals surface area contributed by atoms with Crippen LogP contribution in [0.2, 0.25) is 0 Å². The Morgan fingerprint density at radius 3 is 2.40 bits per heavy atom. The molecule has 158 valence electrons. The molecule has 0 bridgehead atoms. The quantitative estimate of drug-likeness (QED) is 0.650. The molecule has 0 saturated carbocycles. The van der Waals surface area contributed by atoms with Gasteiger partial charge in [0.25, 0.3) is 10.0 Å². The van der Waals surface area contributed by atoms with E-state index in [2.05, 4.69) is 20.3 Å². The van der Waals surface area contributed by atoms with E-state index in [0.717, 1.165) is 22.4 Å². The average molecular weight is 429 g/mol. The first-order valence-electron chi connectivity index (χ1n) is 9.48. The van der Waals surface area contributed by atoms with E-state index in [1.165, 1.54) is 6.07 Å². The lowest BCUT2D eigenvalue weighted by Crippen LogP contribution is -2.33. The van der Waals surface area contributed by atoms with Gasteiger partial charge in [0.2, 0.25) is 11.8 Å². The van der Waals surface area contributed by atoms with Gasteiger partial charge < -0.3 is 10.6 Å². The number of amides is 2. The normalized spacial score (nSPS) is 15.4. The first kappa shape index (κ1) is 21.5. The summed E-state index contributed by atoms with van der Waals surface area (Å²) in [5.74, 6) is -0.440. The molecule has 0 radical (unpaired) electrons. The van der Waals surface area contributed by atoms with Crippen molar-refractivity contribution in [2.45, 2.75) is 32.1 Å². The summed E-state index contributed by atoms with van der Waals surface area (Å²) in [6, 6.07) is 10.5. The summed E-state index contributed by atoms with van der Waals surface area (Å²) < 4.78 is 26.5. The molecule has 2 aromatic rings. The molecule has 0 fully saturated rings. The zero-order valence-corrected chi connectivity index (χ0v) is 17.9. The molecule has 0 unspecified atom stereocenters. The van der Waals surface area contributed by atoms with Crippen LogP contribution in [0.1, 0.15) is 28.7 Å². The summed E-state index contributed by atoms with van der Waals surface area (Å²) in [6.45, 7) is 5.77. The van der Waals surface area contributed by atoms with Crippen LogP contribution >= 0.6 is 0 Å². The smallest absolute Gasteiger partial charge is 0.263 e. The lowest BCUT2D eigenvalue weighted by molar-refractivity contribution is -0.124. The standard InChI is InChI=1S/C21H24N4O4S/c1-13-10-14(2)20(15(3)11-13)24-19(27)12-23-18(26)8-9-22-21-16-6-4-5-7-17(16)30(28,29)25-21/h4-7,10-11H,8-9,12H2,1-3H3,(H,22,25)(H,23,26)(H,24,27). The molecular formula is C21H24N4O4S. The van der Waals surface area contributed by atoms with Gasteiger partial charge in [0, 0.05) is 17.7 Å². The molecule has 0 spiro atoms. The molecule has 30 heavy (non-hydrogen) atoms. The number of nitrogens with zero attached hydrogens (tertiary/aromatic N) is 1. The minimum Gasteiger partial charge on any atom is -0.347 e. The maximum Gasteiger partial charge on any atom is 0.263 e. The summed E-state index contributed by atoms with van der Waals surface area (Å²) in [5.41, 5.74) is 4.27. The number of sulfonamides is 1. The third-order valence-electron chi connectivity index (χ3n) is 4.66. The minimum atomic E-state index is -3.60. The predicted molar refractivity (Wildman–Crippen MR) is 115 cm³/mol. The van der Waals surface area contributed by atoms with Gasteiger partial charge in [-0.2, -0.15) is 0 Å². The number of aryl methyl sites for hydroxylation is 3. The van der Waals surface area contributed by atoms with E-state index < -0.39 is 10.0 Å². The van der Waals surface area contributed by atoms with E-state index >= 15 is 0 Å². The minimum absolute atomic E-state index is 0.0310. The van der Waals surface area contributed by atoms with Crippen LogP contribution in [0.4, 0.5) is 5.69 Å². The fraction of sp³-hybridized carbons (Fsp3) is 0.286. The highest BCUT2D eigenvalue weighted by Crippen LogP contribution is 2.22. The Kier molecular flexibility index (Phi) is 6.21. The van der Waals surface area contributed by atoms with E-state index in [4.69, 9.17) is 0 Å². The summed E-state index contributed by atoms with van der Waals surface area (Å²) in [4.78, 5) is 28.6. The van der Waals surface area contributed by atoms with Crippen molar-refractivity contribution in [2.75, 3.05) is 18.4 Å². The molecule has 1 heterocycles. The lowest BCUT2D eigenvalue weighted by Gasteiger charge is -2.13. The van der Waals surface area contributed by atoms with Gasteiger partial charge in [-0.15, -0.1) is 0 Å². The molecule has 3 rings (SSSR count). The van der Waals surface area contributed by atoms with Crippen LogP contribution < -0.4 is 15.4 Å². The van der Waals surface area contributed by atoms with Crippen molar-refractivity contribution in [3.05, 3.63) is 58.7 Å². The molecule has 0 atom stereocenters. The van der Waals surface area contributed by atoms with Crippen molar-refractivity contribution in [1.29, 1.82) is 0 Å². The zero-order valence-electron chi connectivity index (χ0n) is 17.1. The molecule has 0 aromatic heterocycles. The van der Waals surface area contributed by atoms with Gasteiger partial charge in [0.15, 0.2) is 0 Å². The van der Waals surface area contributed by atoms with Crippen molar-refractivity contribution < 1.29 is 18.0 Å². The summed E-state index contributed by atoms with van der Waals surface area (Å²) in [7, 11) is -3.60. The Balaban J connectivity index is 1.50. The topological polar surface area (TPSA) is 117 Å². The monoisotopic (exact) mass is 428 g/mol. The van der Waals surface area contributed by atoms with Crippen LogP contribution in [-0.4, -0.2) is 39.2 Å². The molecule has 0 aliphatic carbocycles. The van der Waals surface area contributed by atoms with Crippen LogP contribution in [0.25, 0.3) is 0 Å². The summed E-state index contributed by atoms with van der Waals surface area (Å²) >= 11 is 0. The second-order valence-electron chi connectivity index (χ2n) is 7.18. The van der Waals surface area contributed by atoms with Gasteiger partial charge in [-0.3, -0.25) is 19.3 Å². The Hall–Kier alpha value is -3.20. The fourth-order valence-corrected chi connectivity index (χ4v) is 4.60. The average Bonchev–Trinajstić information content (AvgIpc) is 2.94. The second-order valence-corrected chi connectivity index (χ2v) is 8.83. The first-order valence-corrected chi connectivity index (χ1v) is 11.0. The molecule has 9 heteroatoms. The highest BCUT2D eigenvalue weighted by molar-refractivity contribution is 7.90. The van der Waals surface area contributed by atoms with E-state index in [1.54, 1.807) is 18.2 Å². The van der Waals surface area contributed by atoms with E-state index in [1.807, 2.05) is 32.9 Å². The molecule has 2 amide bonds. The van der Waals surface area contributed by atoms with Crippen molar-refractivity contribution in [3.8, 4) is 0 Å². The van der Waals surface area contributed by atoms with Gasteiger partial charge >= 0.3 is 0 Å². The van der Waals surface area contributed by atoms with Crippen LogP contribution in [-0.2, 0) is 19.6 Å². The number of hydrogen-bond donors (Lipinski definition) is 3. The Bertz CT molecular complexity index is 1120. The third-order valence-corrected chi connectivity index (χ3v) is 6.06. The number of aliphatic imine (C=N–C) groups is 1. The highest BCUT2D eigenvalue weighted by atomic mass is 32.2. The first-order chi connectivity index (χ1) is 14.2. The van der Waals surface area contributed by atoms with E-state index in [9.17, 15) is 18.0 Å². The second kappa shape index (κ2) is 8.66. The maximum absolute atomic E-state index is 12.2. The van der Waals surface area contributed by atoms with Gasteiger partial charge in [-0.25, -0.2) is 8.42 Å². The Morgan fingerprint density at radius 1 is 1.03 bits per heavy atom. The number of carbonyl (C=O) groups is 2. The number of fused-ring (bicyclic) bond motifs is 1. The van der Waals surface area contributed by atoms with Crippen molar-refractivity contribution >= 4 is 33.4 Å². The number of anilines is 1. The molecular weight excluding hydrogens is 404 g/mol. The van der Waals surface area contributed by atoms with Crippen LogP contribution in [0.15, 0.2) is 46.3 Å². The zero-order chi connectivity index (χ0) is 21.9. The van der Waals surface area contributed by atoms with Crippen molar-refractivity contribution in [1.82, 2.24) is 10.0 Å². The van der Waals surface area contributed by atoms with Gasteiger partial charge in [0.1, 0.15) is 5.84 Å². The van der Waals surface area contributed by atoms with E-state index in [0.29, 0.717) is 5.56 Å². The molecule has 8 nitrogen and oxygen atoms in total. The van der Waals surface area contributed by atoms with Crippen molar-refractivity contribution in [3.63, 3.8) is 0 Å². The Labute approximate surface area is 175 Å². The van der Waals surface area contributed by atoms with Crippen LogP contribution in [0, 0.1) is 20.8 Å². The van der Waals surface area contributed by atoms with Crippen molar-refractivity contribution in [2.24, 2.45) is 4.99 Å². The largest absolute Gasteiger partial charge is 0.347 e. The summed E-state index contributed by atoms with van der Waals surface area (Å²) in [6.07, 6.45) is 0.0310. The van der Waals surface area contributed by atoms with Crippen LogP contribution in [0.5, 0.6) is 0 Å². The van der Waals surface area contributed by atoms with Gasteiger partial charge in [-0.05, 0) is 44.0 Å². The number of carbonyl (C=O) groups excluding carboxylic acids is 2. The number of nitrogens with one attached hydrogen (secondary N) is 3. The number of benzene rings is 2. The van der Waals surface area contributed by atoms with Crippen LogP contribution in [0.3, 0.4) is 0 Å². The third kappa shape index (κ3) is 4.85. The molecule has 0 saturated heterocycles. The number of hydrogen-bond acceptors (Lipinski definition) is 5. The number of rotatable bonds is 6. The maximum atomic E-state index is 12.2. The number of amidine groups is 1. The molecule has 3 N–H and O–H groups in total. The highest BCUT2D eigenvalue weighted by Gasteiger charge is 2.29. The Morgan fingerprint density at radius 2 is 1.70 bits per heavy atom. The lowest BCUT2D eigenvalue weighted by atomic mass is 10.1. The van der Waals surface area contributed by atoms with Gasteiger partial charge in [0.05, 0.1) is 18.0 Å². The van der Waals surface area contributed by atoms with Gasteiger partial charge in [-0.1, -0.05) is 29.8 Å². The predicted octanol–water partition coefficient (Wildman–Crippen LogP) is 1.80. The molecule has 1 aliphatic heterocycles. The summed E-state index contributed by atoms with van der Waals surface area (Å²) in [5, 5.41) is 5.38. The van der Waals surface area contributed by atoms with E-state index in [-0.39, 0.29) is 42.1 Å². The SMILES string of the molecule is Cc1cc(C)c(NC(=O)CNC(=O)CCN=C2NS(=O)(=O)c3ccccc32)c(C)c1.